The van der Waals surface area contributed by atoms with Crippen molar-refractivity contribution in [1.29, 1.82) is 0 Å². The average Bonchev–Trinajstić information content (AvgIpc) is 2.47. The highest BCUT2D eigenvalue weighted by Crippen LogP contribution is 2.32. The average molecular weight is 436 g/mol. The third-order valence-electron chi connectivity index (χ3n) is 4.03. The molecule has 0 amide bonds. The van der Waals surface area contributed by atoms with E-state index in [1.165, 1.54) is 0 Å². The van der Waals surface area contributed by atoms with E-state index in [0.717, 1.165) is 59.7 Å². The Hall–Kier alpha value is -0.140. The number of hydrogen-bond donors (Lipinski definition) is 1. The fraction of sp³-hybridized carbons (Fsp3) is 0.625. The summed E-state index contributed by atoms with van der Waals surface area (Å²) in [6, 6.07) is 4.10. The van der Waals surface area contributed by atoms with Crippen molar-refractivity contribution in [3.63, 3.8) is 0 Å². The molecule has 4 nitrogen and oxygen atoms in total. The molecule has 6 heteroatoms. The Labute approximate surface area is 149 Å². The monoisotopic (exact) mass is 434 g/mol. The van der Waals surface area contributed by atoms with Crippen molar-refractivity contribution in [2.24, 2.45) is 0 Å². The standard InChI is InChI=1S/C16H24Br2N2O2/c1-16(2,20-4-6-22-7-5-20)11-19-10-12-8-13(17)9-14(18)15(12)21-3/h8-9,19H,4-7,10-11H2,1-3H3. The van der Waals surface area contributed by atoms with Crippen LogP contribution in [0.4, 0.5) is 0 Å². The molecule has 0 atom stereocenters. The number of halogens is 2. The van der Waals surface area contributed by atoms with Gasteiger partial charge in [-0.25, -0.2) is 0 Å². The lowest BCUT2D eigenvalue weighted by molar-refractivity contribution is -0.00967. The number of nitrogens with one attached hydrogen (secondary N) is 1. The van der Waals surface area contributed by atoms with Crippen LogP contribution in [0.15, 0.2) is 21.1 Å². The molecule has 0 aromatic heterocycles. The first-order valence-corrected chi connectivity index (χ1v) is 9.08. The highest BCUT2D eigenvalue weighted by Gasteiger charge is 2.27. The minimum atomic E-state index is 0.111. The number of morpholine rings is 1. The van der Waals surface area contributed by atoms with E-state index in [9.17, 15) is 0 Å². The molecule has 1 saturated heterocycles. The fourth-order valence-electron chi connectivity index (χ4n) is 2.76. The molecule has 1 aliphatic rings. The van der Waals surface area contributed by atoms with E-state index in [1.54, 1.807) is 7.11 Å². The number of benzene rings is 1. The number of ether oxygens (including phenoxy) is 2. The second-order valence-corrected chi connectivity index (χ2v) is 7.87. The van der Waals surface area contributed by atoms with Crippen molar-refractivity contribution in [3.05, 3.63) is 26.6 Å². The van der Waals surface area contributed by atoms with Gasteiger partial charge in [-0.15, -0.1) is 0 Å². The number of nitrogens with zero attached hydrogens (tertiary/aromatic N) is 1. The van der Waals surface area contributed by atoms with E-state index in [-0.39, 0.29) is 5.54 Å². The Morgan fingerprint density at radius 1 is 1.27 bits per heavy atom. The maximum atomic E-state index is 5.50. The Morgan fingerprint density at radius 3 is 2.59 bits per heavy atom. The summed E-state index contributed by atoms with van der Waals surface area (Å²) in [6.07, 6.45) is 0. The second-order valence-electron chi connectivity index (χ2n) is 6.10. The van der Waals surface area contributed by atoms with E-state index in [2.05, 4.69) is 62.0 Å². The molecule has 1 heterocycles. The van der Waals surface area contributed by atoms with Crippen LogP contribution >= 0.6 is 31.9 Å². The van der Waals surface area contributed by atoms with E-state index >= 15 is 0 Å². The van der Waals surface area contributed by atoms with E-state index in [1.807, 2.05) is 6.07 Å². The molecular weight excluding hydrogens is 412 g/mol. The van der Waals surface area contributed by atoms with Gasteiger partial charge in [0, 0.05) is 41.8 Å². The van der Waals surface area contributed by atoms with Crippen LogP contribution in [0.5, 0.6) is 5.75 Å². The van der Waals surface area contributed by atoms with Crippen LogP contribution in [0.1, 0.15) is 19.4 Å². The summed E-state index contributed by atoms with van der Waals surface area (Å²) in [6.45, 7) is 9.90. The van der Waals surface area contributed by atoms with Gasteiger partial charge in [0.15, 0.2) is 0 Å². The normalized spacial score (nSPS) is 16.8. The van der Waals surface area contributed by atoms with Crippen molar-refractivity contribution in [1.82, 2.24) is 10.2 Å². The van der Waals surface area contributed by atoms with Crippen molar-refractivity contribution in [3.8, 4) is 5.75 Å². The molecule has 0 bridgehead atoms. The Morgan fingerprint density at radius 2 is 1.95 bits per heavy atom. The van der Waals surface area contributed by atoms with Crippen molar-refractivity contribution >= 4 is 31.9 Å². The first kappa shape index (κ1) is 18.2. The zero-order valence-corrected chi connectivity index (χ0v) is 16.6. The smallest absolute Gasteiger partial charge is 0.137 e. The van der Waals surface area contributed by atoms with Crippen LogP contribution in [0.25, 0.3) is 0 Å². The maximum absolute atomic E-state index is 5.50. The van der Waals surface area contributed by atoms with Gasteiger partial charge in [0.2, 0.25) is 0 Å². The van der Waals surface area contributed by atoms with Crippen LogP contribution < -0.4 is 10.1 Å². The highest BCUT2D eigenvalue weighted by molar-refractivity contribution is 9.11. The molecule has 1 aliphatic heterocycles. The zero-order valence-electron chi connectivity index (χ0n) is 13.4. The molecule has 1 aromatic carbocycles. The van der Waals surface area contributed by atoms with Gasteiger partial charge in [-0.05, 0) is 41.9 Å². The third-order valence-corrected chi connectivity index (χ3v) is 5.08. The van der Waals surface area contributed by atoms with Crippen molar-refractivity contribution in [2.45, 2.75) is 25.9 Å². The second kappa shape index (κ2) is 8.11. The Bertz CT molecular complexity index is 503. The van der Waals surface area contributed by atoms with Gasteiger partial charge in [0.25, 0.3) is 0 Å². The first-order valence-electron chi connectivity index (χ1n) is 7.49. The maximum Gasteiger partial charge on any atom is 0.137 e. The predicted octanol–water partition coefficient (Wildman–Crippen LogP) is 3.42. The molecule has 1 fully saturated rings. The van der Waals surface area contributed by atoms with Crippen LogP contribution in [0.3, 0.4) is 0 Å². The van der Waals surface area contributed by atoms with Gasteiger partial charge in [-0.3, -0.25) is 4.90 Å². The highest BCUT2D eigenvalue weighted by atomic mass is 79.9. The lowest BCUT2D eigenvalue weighted by Crippen LogP contribution is -2.54. The summed E-state index contributed by atoms with van der Waals surface area (Å²) in [5.41, 5.74) is 1.25. The molecule has 0 spiro atoms. The summed E-state index contributed by atoms with van der Waals surface area (Å²) < 4.78 is 12.9. The molecular formula is C16H24Br2N2O2. The molecule has 0 unspecified atom stereocenters. The minimum Gasteiger partial charge on any atom is -0.495 e. The first-order chi connectivity index (χ1) is 10.4. The Balaban J connectivity index is 1.95. The van der Waals surface area contributed by atoms with E-state index in [0.29, 0.717) is 0 Å². The third kappa shape index (κ3) is 4.68. The van der Waals surface area contributed by atoms with Crippen LogP contribution in [0.2, 0.25) is 0 Å². The van der Waals surface area contributed by atoms with Gasteiger partial charge in [0.05, 0.1) is 24.8 Å². The van der Waals surface area contributed by atoms with Crippen LogP contribution in [0, 0.1) is 0 Å². The fourth-order valence-corrected chi connectivity index (χ4v) is 4.23. The summed E-state index contributed by atoms with van der Waals surface area (Å²) in [7, 11) is 1.70. The summed E-state index contributed by atoms with van der Waals surface area (Å²) in [5.74, 6) is 0.889. The minimum absolute atomic E-state index is 0.111. The van der Waals surface area contributed by atoms with Crippen LogP contribution in [-0.4, -0.2) is 50.4 Å². The van der Waals surface area contributed by atoms with Crippen molar-refractivity contribution in [2.75, 3.05) is 40.0 Å². The molecule has 22 heavy (non-hydrogen) atoms. The zero-order chi connectivity index (χ0) is 16.2. The number of methoxy groups -OCH3 is 1. The molecule has 2 rings (SSSR count). The number of hydrogen-bond acceptors (Lipinski definition) is 4. The lowest BCUT2D eigenvalue weighted by Gasteiger charge is -2.41. The summed E-state index contributed by atoms with van der Waals surface area (Å²) >= 11 is 7.08. The predicted molar refractivity (Wildman–Crippen MR) is 96.6 cm³/mol. The molecule has 0 saturated carbocycles. The van der Waals surface area contributed by atoms with Gasteiger partial charge >= 0.3 is 0 Å². The van der Waals surface area contributed by atoms with Crippen molar-refractivity contribution < 1.29 is 9.47 Å². The summed E-state index contributed by atoms with van der Waals surface area (Å²) in [4.78, 5) is 2.48. The number of rotatable bonds is 6. The van der Waals surface area contributed by atoms with Gasteiger partial charge in [0.1, 0.15) is 5.75 Å². The largest absolute Gasteiger partial charge is 0.495 e. The van der Waals surface area contributed by atoms with Gasteiger partial charge in [-0.2, -0.15) is 0 Å². The summed E-state index contributed by atoms with van der Waals surface area (Å²) in [5, 5.41) is 3.56. The van der Waals surface area contributed by atoms with Gasteiger partial charge < -0.3 is 14.8 Å². The Kier molecular flexibility index (Phi) is 6.71. The topological polar surface area (TPSA) is 33.7 Å². The molecule has 1 N–H and O–H groups in total. The molecule has 124 valence electrons. The quantitative estimate of drug-likeness (QED) is 0.742. The van der Waals surface area contributed by atoms with E-state index < -0.39 is 0 Å². The van der Waals surface area contributed by atoms with Gasteiger partial charge in [-0.1, -0.05) is 15.9 Å². The molecule has 0 radical (unpaired) electrons. The SMILES string of the molecule is COc1c(Br)cc(Br)cc1CNCC(C)(C)N1CCOCC1. The molecule has 1 aromatic rings. The lowest BCUT2D eigenvalue weighted by atomic mass is 10.0. The molecule has 0 aliphatic carbocycles. The van der Waals surface area contributed by atoms with E-state index in [4.69, 9.17) is 9.47 Å². The van der Waals surface area contributed by atoms with Crippen LogP contribution in [-0.2, 0) is 11.3 Å².